The molecule has 0 amide bonds. The second kappa shape index (κ2) is 7.11. The van der Waals surface area contributed by atoms with Gasteiger partial charge < -0.3 is 15.2 Å². The highest BCUT2D eigenvalue weighted by molar-refractivity contribution is 7.10. The van der Waals surface area contributed by atoms with Gasteiger partial charge in [-0.1, -0.05) is 0 Å². The predicted molar refractivity (Wildman–Crippen MR) is 70.5 cm³/mol. The molecule has 1 aromatic rings. The Bertz CT molecular complexity index is 327. The van der Waals surface area contributed by atoms with Crippen LogP contribution in [0.15, 0.2) is 11.4 Å². The molecule has 1 aliphatic carbocycles. The summed E-state index contributed by atoms with van der Waals surface area (Å²) in [5, 5.41) is 14.4. The van der Waals surface area contributed by atoms with Gasteiger partial charge in [0.2, 0.25) is 0 Å². The number of rotatable bonds is 7. The zero-order valence-electron chi connectivity index (χ0n) is 10.2. The van der Waals surface area contributed by atoms with Gasteiger partial charge in [0, 0.05) is 17.5 Å². The molecule has 2 N–H and O–H groups in total. The minimum atomic E-state index is 0.119. The lowest BCUT2D eigenvalue weighted by Crippen LogP contribution is -2.26. The second-order valence-electron chi connectivity index (χ2n) is 4.39. The third-order valence-electron chi connectivity index (χ3n) is 3.14. The van der Waals surface area contributed by atoms with E-state index in [-0.39, 0.29) is 6.61 Å². The summed E-state index contributed by atoms with van der Waals surface area (Å²) in [6.07, 6.45) is 4.81. The van der Waals surface area contributed by atoms with Gasteiger partial charge in [-0.25, -0.2) is 0 Å². The zero-order valence-corrected chi connectivity index (χ0v) is 11.0. The molecular formula is C13H21NO2S. The summed E-state index contributed by atoms with van der Waals surface area (Å²) in [6.45, 7) is 2.30. The number of hydrogen-bond acceptors (Lipinski definition) is 4. The monoisotopic (exact) mass is 255 g/mol. The number of aryl methyl sites for hydroxylation is 1. The molecule has 17 heavy (non-hydrogen) atoms. The van der Waals surface area contributed by atoms with E-state index in [4.69, 9.17) is 9.84 Å². The predicted octanol–water partition coefficient (Wildman–Crippen LogP) is 2.11. The van der Waals surface area contributed by atoms with E-state index in [1.807, 2.05) is 11.3 Å². The summed E-state index contributed by atoms with van der Waals surface area (Å²) in [7, 11) is 0. The molecule has 0 saturated heterocycles. The molecule has 2 rings (SSSR count). The highest BCUT2D eigenvalue weighted by Gasteiger charge is 2.19. The average molecular weight is 255 g/mol. The molecule has 1 unspecified atom stereocenters. The van der Waals surface area contributed by atoms with Crippen LogP contribution in [0.5, 0.6) is 0 Å². The highest BCUT2D eigenvalue weighted by Crippen LogP contribution is 2.32. The van der Waals surface area contributed by atoms with Crippen molar-refractivity contribution in [3.8, 4) is 0 Å². The average Bonchev–Trinajstić information content (AvgIpc) is 2.82. The lowest BCUT2D eigenvalue weighted by atomic mass is 9.94. The van der Waals surface area contributed by atoms with Crippen LogP contribution < -0.4 is 5.32 Å². The van der Waals surface area contributed by atoms with Crippen LogP contribution >= 0.6 is 11.3 Å². The van der Waals surface area contributed by atoms with Gasteiger partial charge in [0.05, 0.1) is 13.2 Å². The molecule has 1 aromatic heterocycles. The fourth-order valence-electron chi connectivity index (χ4n) is 2.32. The maximum absolute atomic E-state index is 8.57. The Labute approximate surface area is 107 Å². The Kier molecular flexibility index (Phi) is 5.45. The van der Waals surface area contributed by atoms with E-state index in [0.29, 0.717) is 12.6 Å². The lowest BCUT2D eigenvalue weighted by Gasteiger charge is -2.23. The first-order chi connectivity index (χ1) is 8.42. The van der Waals surface area contributed by atoms with Crippen molar-refractivity contribution < 1.29 is 9.84 Å². The first-order valence-electron chi connectivity index (χ1n) is 6.40. The first kappa shape index (κ1) is 13.0. The Hall–Kier alpha value is -0.420. The summed E-state index contributed by atoms with van der Waals surface area (Å²) in [5.74, 6) is 0. The van der Waals surface area contributed by atoms with Crippen molar-refractivity contribution in [2.75, 3.05) is 26.4 Å². The van der Waals surface area contributed by atoms with Crippen LogP contribution in [-0.2, 0) is 11.2 Å². The summed E-state index contributed by atoms with van der Waals surface area (Å²) < 4.78 is 5.24. The summed E-state index contributed by atoms with van der Waals surface area (Å²) in [4.78, 5) is 1.56. The van der Waals surface area contributed by atoms with Crippen molar-refractivity contribution in [1.82, 2.24) is 5.32 Å². The minimum Gasteiger partial charge on any atom is -0.394 e. The molecule has 0 bridgehead atoms. The largest absolute Gasteiger partial charge is 0.394 e. The lowest BCUT2D eigenvalue weighted by molar-refractivity contribution is 0.0903. The molecule has 1 heterocycles. The van der Waals surface area contributed by atoms with E-state index < -0.39 is 0 Å². The quantitative estimate of drug-likeness (QED) is 0.733. The number of ether oxygens (including phenoxy) is 1. The summed E-state index contributed by atoms with van der Waals surface area (Å²) in [5.41, 5.74) is 1.51. The molecule has 1 aliphatic rings. The van der Waals surface area contributed by atoms with Crippen molar-refractivity contribution in [3.05, 3.63) is 21.9 Å². The number of aliphatic hydroxyl groups excluding tert-OH is 1. The zero-order chi connectivity index (χ0) is 11.9. The van der Waals surface area contributed by atoms with Crippen molar-refractivity contribution >= 4 is 11.3 Å². The van der Waals surface area contributed by atoms with Crippen LogP contribution in [0.1, 0.15) is 35.7 Å². The maximum Gasteiger partial charge on any atom is 0.0697 e. The number of fused-ring (bicyclic) bond motifs is 1. The molecule has 0 aromatic carbocycles. The van der Waals surface area contributed by atoms with Gasteiger partial charge in [-0.3, -0.25) is 0 Å². The Morgan fingerprint density at radius 2 is 2.41 bits per heavy atom. The van der Waals surface area contributed by atoms with Crippen LogP contribution in [0.25, 0.3) is 0 Å². The van der Waals surface area contributed by atoms with Gasteiger partial charge in [0.15, 0.2) is 0 Å². The van der Waals surface area contributed by atoms with Crippen molar-refractivity contribution in [1.29, 1.82) is 0 Å². The molecule has 0 saturated carbocycles. The van der Waals surface area contributed by atoms with Gasteiger partial charge in [-0.2, -0.15) is 0 Å². The fraction of sp³-hybridized carbons (Fsp3) is 0.692. The molecule has 96 valence electrons. The molecule has 4 heteroatoms. The van der Waals surface area contributed by atoms with Gasteiger partial charge >= 0.3 is 0 Å². The number of hydrogen-bond donors (Lipinski definition) is 2. The Morgan fingerprint density at radius 3 is 3.29 bits per heavy atom. The minimum absolute atomic E-state index is 0.119. The van der Waals surface area contributed by atoms with Gasteiger partial charge in [-0.15, -0.1) is 11.3 Å². The van der Waals surface area contributed by atoms with Gasteiger partial charge in [0.25, 0.3) is 0 Å². The van der Waals surface area contributed by atoms with E-state index in [9.17, 15) is 0 Å². The maximum atomic E-state index is 8.57. The smallest absolute Gasteiger partial charge is 0.0697 e. The Morgan fingerprint density at radius 1 is 1.47 bits per heavy atom. The molecule has 0 aliphatic heterocycles. The van der Waals surface area contributed by atoms with Gasteiger partial charge in [0.1, 0.15) is 0 Å². The number of nitrogens with one attached hydrogen (secondary N) is 1. The van der Waals surface area contributed by atoms with Crippen LogP contribution in [0.4, 0.5) is 0 Å². The second-order valence-corrected chi connectivity index (χ2v) is 5.39. The van der Waals surface area contributed by atoms with E-state index in [1.54, 1.807) is 4.88 Å². The number of thiophene rings is 1. The van der Waals surface area contributed by atoms with E-state index in [0.717, 1.165) is 19.6 Å². The van der Waals surface area contributed by atoms with E-state index >= 15 is 0 Å². The topological polar surface area (TPSA) is 41.5 Å². The van der Waals surface area contributed by atoms with Crippen molar-refractivity contribution in [2.45, 2.75) is 31.7 Å². The van der Waals surface area contributed by atoms with E-state index in [2.05, 4.69) is 16.8 Å². The van der Waals surface area contributed by atoms with Crippen LogP contribution in [0.3, 0.4) is 0 Å². The Balaban J connectivity index is 1.67. The normalized spacial score (nSPS) is 19.2. The molecule has 0 fully saturated rings. The van der Waals surface area contributed by atoms with Crippen LogP contribution in [0.2, 0.25) is 0 Å². The molecular weight excluding hydrogens is 234 g/mol. The van der Waals surface area contributed by atoms with Gasteiger partial charge in [-0.05, 0) is 49.2 Å². The molecule has 0 radical (unpaired) electrons. The third kappa shape index (κ3) is 3.78. The summed E-state index contributed by atoms with van der Waals surface area (Å²) in [6, 6.07) is 2.81. The third-order valence-corrected chi connectivity index (χ3v) is 4.14. The van der Waals surface area contributed by atoms with Crippen LogP contribution in [0, 0.1) is 0 Å². The van der Waals surface area contributed by atoms with Crippen molar-refractivity contribution in [3.63, 3.8) is 0 Å². The van der Waals surface area contributed by atoms with Crippen LogP contribution in [-0.4, -0.2) is 31.5 Å². The standard InChI is InChI=1S/C13H21NO2S/c15-7-9-16-8-2-6-14-12-3-1-4-13-11(12)5-10-17-13/h5,10,12,14-15H,1-4,6-9H2. The molecule has 0 spiro atoms. The fourth-order valence-corrected chi connectivity index (χ4v) is 3.30. The molecule has 1 atom stereocenters. The van der Waals surface area contributed by atoms with E-state index in [1.165, 1.54) is 24.8 Å². The summed E-state index contributed by atoms with van der Waals surface area (Å²) >= 11 is 1.89. The highest BCUT2D eigenvalue weighted by atomic mass is 32.1. The number of aliphatic hydroxyl groups is 1. The van der Waals surface area contributed by atoms with Crippen molar-refractivity contribution in [2.24, 2.45) is 0 Å². The first-order valence-corrected chi connectivity index (χ1v) is 7.28. The SMILES string of the molecule is OCCOCCCNC1CCCc2sccc21. The molecule has 3 nitrogen and oxygen atoms in total.